The van der Waals surface area contributed by atoms with Crippen LogP contribution >= 0.6 is 0 Å². The normalized spacial score (nSPS) is 21.1. The average molecular weight is 596 g/mol. The van der Waals surface area contributed by atoms with Gasteiger partial charge in [0.1, 0.15) is 12.2 Å². The lowest BCUT2D eigenvalue weighted by Gasteiger charge is -2.48. The van der Waals surface area contributed by atoms with Crippen LogP contribution in [0.25, 0.3) is 0 Å². The molecule has 0 spiro atoms. The zero-order valence-electron chi connectivity index (χ0n) is 25.4. The Hall–Kier alpha value is -3.10. The van der Waals surface area contributed by atoms with Crippen molar-refractivity contribution in [2.24, 2.45) is 0 Å². The molecule has 1 aliphatic heterocycles. The first-order chi connectivity index (χ1) is 21.0. The second-order valence-electron chi connectivity index (χ2n) is 12.4. The highest BCUT2D eigenvalue weighted by Gasteiger charge is 2.46. The molecule has 0 saturated carbocycles. The van der Waals surface area contributed by atoms with Crippen molar-refractivity contribution in [3.63, 3.8) is 0 Å². The number of piperidine rings is 1. The highest BCUT2D eigenvalue weighted by atomic mass is 28.3. The first kappa shape index (κ1) is 31.3. The molecule has 5 nitrogen and oxygen atoms in total. The molecule has 1 N–H and O–H groups in total. The molecule has 0 aliphatic carbocycles. The number of aliphatic hydroxyl groups excluding tert-OH is 1. The molecule has 6 heteroatoms. The van der Waals surface area contributed by atoms with Crippen molar-refractivity contribution < 1.29 is 19.3 Å². The Bertz CT molecular complexity index is 1340. The van der Waals surface area contributed by atoms with Crippen LogP contribution in [-0.2, 0) is 40.1 Å². The molecule has 1 heterocycles. The number of hydrogen-bond acceptors (Lipinski definition) is 5. The van der Waals surface area contributed by atoms with Crippen LogP contribution < -0.4 is 0 Å². The summed E-state index contributed by atoms with van der Waals surface area (Å²) >= 11 is 0. The van der Waals surface area contributed by atoms with E-state index in [0.717, 1.165) is 28.9 Å². The molecular weight excluding hydrogens is 550 g/mol. The molecule has 226 valence electrons. The Labute approximate surface area is 258 Å². The SMILES string of the molecule is C[Si](C)(Cc1ccccc1)CN1C[C@H](OCc2ccccc2)[C@@H](OCc2ccccc2)[C@H](O)C1COCc1ccccc1. The molecule has 1 fully saturated rings. The van der Waals surface area contributed by atoms with Crippen molar-refractivity contribution in [2.45, 2.75) is 63.3 Å². The van der Waals surface area contributed by atoms with E-state index in [-0.39, 0.29) is 12.1 Å². The van der Waals surface area contributed by atoms with E-state index in [1.54, 1.807) is 0 Å². The minimum Gasteiger partial charge on any atom is -0.389 e. The number of ether oxygens (including phenoxy) is 3. The number of aliphatic hydroxyl groups is 1. The van der Waals surface area contributed by atoms with Crippen LogP contribution in [0.4, 0.5) is 0 Å². The van der Waals surface area contributed by atoms with E-state index in [4.69, 9.17) is 14.2 Å². The van der Waals surface area contributed by atoms with E-state index in [0.29, 0.717) is 33.0 Å². The zero-order valence-corrected chi connectivity index (χ0v) is 26.4. The van der Waals surface area contributed by atoms with Gasteiger partial charge < -0.3 is 19.3 Å². The maximum Gasteiger partial charge on any atom is 0.113 e. The van der Waals surface area contributed by atoms with Crippen molar-refractivity contribution in [1.29, 1.82) is 0 Å². The minimum absolute atomic E-state index is 0.205. The summed E-state index contributed by atoms with van der Waals surface area (Å²) in [6.45, 7) is 7.36. The second-order valence-corrected chi connectivity index (χ2v) is 17.4. The monoisotopic (exact) mass is 595 g/mol. The second kappa shape index (κ2) is 15.6. The molecule has 4 aromatic rings. The van der Waals surface area contributed by atoms with Gasteiger partial charge in [0.15, 0.2) is 0 Å². The first-order valence-corrected chi connectivity index (χ1v) is 18.8. The molecule has 1 unspecified atom stereocenters. The molecule has 4 aromatic carbocycles. The number of rotatable bonds is 14. The number of benzene rings is 4. The molecule has 1 aliphatic rings. The standard InChI is InChI=1S/C37H45NO4Si/c1-43(2,28-33-21-13-6-14-22-33)29-38-23-35(41-25-31-17-9-4-10-18-31)37(42-26-32-19-11-5-12-20-32)36(39)34(38)27-40-24-30-15-7-3-8-16-30/h3-22,34-37,39H,23-29H2,1-2H3/t34?,35-,36+,37+/m0/s1. The maximum absolute atomic E-state index is 12.0. The van der Waals surface area contributed by atoms with Crippen LogP contribution in [0.2, 0.25) is 13.1 Å². The predicted molar refractivity (Wildman–Crippen MR) is 175 cm³/mol. The zero-order chi connectivity index (χ0) is 29.9. The topological polar surface area (TPSA) is 51.2 Å². The summed E-state index contributed by atoms with van der Waals surface area (Å²) < 4.78 is 19.4. The van der Waals surface area contributed by atoms with Gasteiger partial charge in [-0.1, -0.05) is 140 Å². The molecule has 0 radical (unpaired) electrons. The van der Waals surface area contributed by atoms with E-state index in [1.807, 2.05) is 54.6 Å². The first-order valence-electron chi connectivity index (χ1n) is 15.4. The van der Waals surface area contributed by atoms with Gasteiger partial charge in [-0.3, -0.25) is 4.90 Å². The van der Waals surface area contributed by atoms with Crippen LogP contribution in [0.5, 0.6) is 0 Å². The third-order valence-corrected chi connectivity index (χ3v) is 10.8. The minimum atomic E-state index is -1.75. The van der Waals surface area contributed by atoms with E-state index in [2.05, 4.69) is 84.7 Å². The predicted octanol–water partition coefficient (Wildman–Crippen LogP) is 6.45. The fourth-order valence-electron chi connectivity index (χ4n) is 6.03. The van der Waals surface area contributed by atoms with E-state index >= 15 is 0 Å². The lowest BCUT2D eigenvalue weighted by Crippen LogP contribution is -2.66. The van der Waals surface area contributed by atoms with Crippen molar-refractivity contribution in [3.05, 3.63) is 144 Å². The lowest BCUT2D eigenvalue weighted by molar-refractivity contribution is -0.190. The van der Waals surface area contributed by atoms with Crippen LogP contribution in [0.15, 0.2) is 121 Å². The Balaban J connectivity index is 1.36. The summed E-state index contributed by atoms with van der Waals surface area (Å²) in [7, 11) is -1.75. The summed E-state index contributed by atoms with van der Waals surface area (Å²) in [6, 6.07) is 42.2. The highest BCUT2D eigenvalue weighted by molar-refractivity contribution is 6.77. The quantitative estimate of drug-likeness (QED) is 0.170. The molecule has 0 aromatic heterocycles. The van der Waals surface area contributed by atoms with Gasteiger partial charge in [-0.25, -0.2) is 0 Å². The number of hydrogen-bond donors (Lipinski definition) is 1. The van der Waals surface area contributed by atoms with E-state index in [9.17, 15) is 5.11 Å². The van der Waals surface area contributed by atoms with Gasteiger partial charge in [0.2, 0.25) is 0 Å². The number of nitrogens with zero attached hydrogens (tertiary/aromatic N) is 1. The van der Waals surface area contributed by atoms with Crippen LogP contribution in [0.3, 0.4) is 0 Å². The largest absolute Gasteiger partial charge is 0.389 e. The lowest BCUT2D eigenvalue weighted by atomic mass is 9.94. The summed E-state index contributed by atoms with van der Waals surface area (Å²) in [5, 5.41) is 12.0. The van der Waals surface area contributed by atoms with E-state index < -0.39 is 20.3 Å². The smallest absolute Gasteiger partial charge is 0.113 e. The van der Waals surface area contributed by atoms with Crippen LogP contribution in [0, 0.1) is 0 Å². The fraction of sp³-hybridized carbons (Fsp3) is 0.351. The Morgan fingerprint density at radius 3 is 1.65 bits per heavy atom. The van der Waals surface area contributed by atoms with Crippen LogP contribution in [0.1, 0.15) is 22.3 Å². The van der Waals surface area contributed by atoms with Gasteiger partial charge in [0, 0.05) is 6.54 Å². The molecule has 5 rings (SSSR count). The Kier molecular flexibility index (Phi) is 11.3. The highest BCUT2D eigenvalue weighted by Crippen LogP contribution is 2.28. The van der Waals surface area contributed by atoms with Gasteiger partial charge in [-0.05, 0) is 28.9 Å². The number of likely N-dealkylation sites (tertiary alicyclic amines) is 1. The van der Waals surface area contributed by atoms with Gasteiger partial charge >= 0.3 is 0 Å². The van der Waals surface area contributed by atoms with Crippen LogP contribution in [-0.4, -0.2) is 61.8 Å². The van der Waals surface area contributed by atoms with Crippen molar-refractivity contribution in [3.8, 4) is 0 Å². The third kappa shape index (κ3) is 9.44. The van der Waals surface area contributed by atoms with Crippen molar-refractivity contribution >= 4 is 8.07 Å². The summed E-state index contributed by atoms with van der Waals surface area (Å²) in [6.07, 6.45) is -0.611. The maximum atomic E-state index is 12.0. The summed E-state index contributed by atoms with van der Waals surface area (Å²) in [4.78, 5) is 2.43. The molecule has 1 saturated heterocycles. The molecule has 43 heavy (non-hydrogen) atoms. The molecule has 4 atom stereocenters. The van der Waals surface area contributed by atoms with Crippen molar-refractivity contribution in [2.75, 3.05) is 19.3 Å². The van der Waals surface area contributed by atoms with Gasteiger partial charge in [-0.2, -0.15) is 0 Å². The van der Waals surface area contributed by atoms with Gasteiger partial charge in [0.25, 0.3) is 0 Å². The Morgan fingerprint density at radius 2 is 1.12 bits per heavy atom. The molecular formula is C37H45NO4Si. The third-order valence-electron chi connectivity index (χ3n) is 8.13. The summed E-state index contributed by atoms with van der Waals surface area (Å²) in [5.74, 6) is 0. The van der Waals surface area contributed by atoms with Crippen molar-refractivity contribution in [1.82, 2.24) is 4.90 Å². The average Bonchev–Trinajstić information content (AvgIpc) is 3.02. The molecule has 0 amide bonds. The Morgan fingerprint density at radius 1 is 0.651 bits per heavy atom. The van der Waals surface area contributed by atoms with E-state index in [1.165, 1.54) is 5.56 Å². The molecule has 0 bridgehead atoms. The van der Waals surface area contributed by atoms with Gasteiger partial charge in [0.05, 0.1) is 46.6 Å². The van der Waals surface area contributed by atoms with Gasteiger partial charge in [-0.15, -0.1) is 0 Å². The fourth-order valence-corrected chi connectivity index (χ4v) is 8.95. The summed E-state index contributed by atoms with van der Waals surface area (Å²) in [5.41, 5.74) is 4.68.